The van der Waals surface area contributed by atoms with Crippen molar-refractivity contribution in [2.45, 2.75) is 66.8 Å². The number of furan rings is 1. The molecule has 0 fully saturated rings. The highest BCUT2D eigenvalue weighted by molar-refractivity contribution is 5.34. The van der Waals surface area contributed by atoms with E-state index in [1.54, 1.807) is 0 Å². The van der Waals surface area contributed by atoms with Gasteiger partial charge in [0.15, 0.2) is 0 Å². The summed E-state index contributed by atoms with van der Waals surface area (Å²) in [6, 6.07) is 0.442. The Balaban J connectivity index is 2.96. The molecule has 0 aliphatic carbocycles. The van der Waals surface area contributed by atoms with Crippen molar-refractivity contribution in [2.24, 2.45) is 5.92 Å². The zero-order chi connectivity index (χ0) is 13.7. The van der Waals surface area contributed by atoms with Crippen LogP contribution in [0.2, 0.25) is 0 Å². The van der Waals surface area contributed by atoms with E-state index in [4.69, 9.17) is 4.42 Å². The summed E-state index contributed by atoms with van der Waals surface area (Å²) in [4.78, 5) is 0. The molecule has 0 aromatic carbocycles. The molecule has 18 heavy (non-hydrogen) atoms. The van der Waals surface area contributed by atoms with E-state index in [0.717, 1.165) is 24.0 Å². The Morgan fingerprint density at radius 1 is 1.00 bits per heavy atom. The Kier molecular flexibility index (Phi) is 5.94. The normalized spacial score (nSPS) is 13.3. The monoisotopic (exact) mass is 251 g/mol. The van der Waals surface area contributed by atoms with Crippen LogP contribution < -0.4 is 5.32 Å². The van der Waals surface area contributed by atoms with E-state index in [9.17, 15) is 0 Å². The Hall–Kier alpha value is -0.760. The SMILES string of the molecule is CCNC(CC(CC)CC)c1c(C)oc(C)c1C. The highest BCUT2D eigenvalue weighted by Crippen LogP contribution is 2.32. The lowest BCUT2D eigenvalue weighted by atomic mass is 9.89. The van der Waals surface area contributed by atoms with Crippen molar-refractivity contribution in [3.05, 3.63) is 22.6 Å². The van der Waals surface area contributed by atoms with Gasteiger partial charge in [-0.3, -0.25) is 0 Å². The fourth-order valence-corrected chi connectivity index (χ4v) is 2.83. The first-order valence-electron chi connectivity index (χ1n) is 7.34. The summed E-state index contributed by atoms with van der Waals surface area (Å²) in [6.45, 7) is 14.1. The van der Waals surface area contributed by atoms with Gasteiger partial charge < -0.3 is 9.73 Å². The van der Waals surface area contributed by atoms with Gasteiger partial charge in [-0.2, -0.15) is 0 Å². The first-order valence-corrected chi connectivity index (χ1v) is 7.34. The van der Waals surface area contributed by atoms with Gasteiger partial charge in [0.1, 0.15) is 11.5 Å². The van der Waals surface area contributed by atoms with E-state index in [1.807, 2.05) is 0 Å². The number of aryl methyl sites for hydroxylation is 2. The summed E-state index contributed by atoms with van der Waals surface area (Å²) in [5.74, 6) is 2.94. The first-order chi connectivity index (χ1) is 8.54. The highest BCUT2D eigenvalue weighted by atomic mass is 16.3. The van der Waals surface area contributed by atoms with Gasteiger partial charge in [0.05, 0.1) is 0 Å². The maximum Gasteiger partial charge on any atom is 0.106 e. The van der Waals surface area contributed by atoms with Gasteiger partial charge in [-0.05, 0) is 45.2 Å². The van der Waals surface area contributed by atoms with E-state index in [0.29, 0.717) is 6.04 Å². The number of nitrogens with one attached hydrogen (secondary N) is 1. The fourth-order valence-electron chi connectivity index (χ4n) is 2.83. The van der Waals surface area contributed by atoms with Crippen molar-refractivity contribution in [3.8, 4) is 0 Å². The molecule has 1 atom stereocenters. The van der Waals surface area contributed by atoms with Crippen molar-refractivity contribution >= 4 is 0 Å². The van der Waals surface area contributed by atoms with Crippen LogP contribution in [0.3, 0.4) is 0 Å². The van der Waals surface area contributed by atoms with Gasteiger partial charge in [0.25, 0.3) is 0 Å². The predicted octanol–water partition coefficient (Wildman–Crippen LogP) is 4.68. The summed E-state index contributed by atoms with van der Waals surface area (Å²) < 4.78 is 5.78. The Morgan fingerprint density at radius 2 is 1.61 bits per heavy atom. The van der Waals surface area contributed by atoms with E-state index in [2.05, 4.69) is 46.9 Å². The molecule has 0 aliphatic rings. The molecule has 1 heterocycles. The fraction of sp³-hybridized carbons (Fsp3) is 0.750. The van der Waals surface area contributed by atoms with Crippen molar-refractivity contribution in [3.63, 3.8) is 0 Å². The topological polar surface area (TPSA) is 25.2 Å². The molecule has 0 spiro atoms. The average Bonchev–Trinajstić information content (AvgIpc) is 2.59. The van der Waals surface area contributed by atoms with Crippen LogP contribution in [0, 0.1) is 26.7 Å². The smallest absolute Gasteiger partial charge is 0.106 e. The van der Waals surface area contributed by atoms with Crippen LogP contribution in [-0.4, -0.2) is 6.54 Å². The van der Waals surface area contributed by atoms with Gasteiger partial charge in [0.2, 0.25) is 0 Å². The Morgan fingerprint density at radius 3 is 2.00 bits per heavy atom. The van der Waals surface area contributed by atoms with Gasteiger partial charge in [-0.1, -0.05) is 33.6 Å². The predicted molar refractivity (Wildman–Crippen MR) is 78.0 cm³/mol. The summed E-state index contributed by atoms with van der Waals surface area (Å²) in [7, 11) is 0. The quantitative estimate of drug-likeness (QED) is 0.761. The van der Waals surface area contributed by atoms with Crippen LogP contribution in [0.4, 0.5) is 0 Å². The standard InChI is InChI=1S/C16H29NO/c1-7-14(8-2)10-15(17-9-3)16-11(4)12(5)18-13(16)6/h14-15,17H,7-10H2,1-6H3. The molecule has 0 radical (unpaired) electrons. The molecule has 0 saturated carbocycles. The summed E-state index contributed by atoms with van der Waals surface area (Å²) >= 11 is 0. The van der Waals surface area contributed by atoms with Gasteiger partial charge >= 0.3 is 0 Å². The second-order valence-electron chi connectivity index (χ2n) is 5.28. The molecule has 2 nitrogen and oxygen atoms in total. The molecule has 0 bridgehead atoms. The van der Waals surface area contributed by atoms with Crippen molar-refractivity contribution in [2.75, 3.05) is 6.54 Å². The summed E-state index contributed by atoms with van der Waals surface area (Å²) in [6.07, 6.45) is 3.72. The third-order valence-electron chi connectivity index (χ3n) is 4.14. The number of rotatable bonds is 7. The largest absolute Gasteiger partial charge is 0.466 e. The van der Waals surface area contributed by atoms with Crippen molar-refractivity contribution in [1.82, 2.24) is 5.32 Å². The lowest BCUT2D eigenvalue weighted by molar-refractivity contribution is 0.371. The lowest BCUT2D eigenvalue weighted by Crippen LogP contribution is -2.24. The maximum atomic E-state index is 5.78. The van der Waals surface area contributed by atoms with Crippen LogP contribution in [0.5, 0.6) is 0 Å². The minimum Gasteiger partial charge on any atom is -0.466 e. The zero-order valence-corrected chi connectivity index (χ0v) is 12.9. The third kappa shape index (κ3) is 3.38. The van der Waals surface area contributed by atoms with E-state index >= 15 is 0 Å². The number of hydrogen-bond donors (Lipinski definition) is 1. The molecule has 104 valence electrons. The second kappa shape index (κ2) is 6.98. The minimum absolute atomic E-state index is 0.442. The van der Waals surface area contributed by atoms with Crippen LogP contribution in [0.1, 0.15) is 68.7 Å². The molecule has 1 aromatic heterocycles. The first kappa shape index (κ1) is 15.3. The molecule has 0 saturated heterocycles. The molecule has 0 amide bonds. The molecule has 1 aromatic rings. The Labute approximate surface area is 112 Å². The molecular weight excluding hydrogens is 222 g/mol. The zero-order valence-electron chi connectivity index (χ0n) is 12.9. The molecule has 1 rings (SSSR count). The summed E-state index contributed by atoms with van der Waals surface area (Å²) in [5, 5.41) is 3.63. The van der Waals surface area contributed by atoms with Crippen LogP contribution in [0.15, 0.2) is 4.42 Å². The summed E-state index contributed by atoms with van der Waals surface area (Å²) in [5.41, 5.74) is 2.71. The van der Waals surface area contributed by atoms with Crippen molar-refractivity contribution in [1.29, 1.82) is 0 Å². The lowest BCUT2D eigenvalue weighted by Gasteiger charge is -2.23. The minimum atomic E-state index is 0.442. The van der Waals surface area contributed by atoms with Gasteiger partial charge in [0, 0.05) is 11.6 Å². The maximum absolute atomic E-state index is 5.78. The number of hydrogen-bond acceptors (Lipinski definition) is 2. The van der Waals surface area contributed by atoms with Gasteiger partial charge in [-0.15, -0.1) is 0 Å². The molecule has 0 aliphatic heterocycles. The average molecular weight is 251 g/mol. The molecular formula is C16H29NO. The molecule has 2 heteroatoms. The van der Waals surface area contributed by atoms with Crippen molar-refractivity contribution < 1.29 is 4.42 Å². The van der Waals surface area contributed by atoms with Gasteiger partial charge in [-0.25, -0.2) is 0 Å². The van der Waals surface area contributed by atoms with E-state index in [1.165, 1.54) is 30.4 Å². The van der Waals surface area contributed by atoms with Crippen LogP contribution in [0.25, 0.3) is 0 Å². The molecule has 1 N–H and O–H groups in total. The van der Waals surface area contributed by atoms with E-state index < -0.39 is 0 Å². The third-order valence-corrected chi connectivity index (χ3v) is 4.14. The van der Waals surface area contributed by atoms with Crippen LogP contribution in [-0.2, 0) is 0 Å². The van der Waals surface area contributed by atoms with E-state index in [-0.39, 0.29) is 0 Å². The highest BCUT2D eigenvalue weighted by Gasteiger charge is 2.22. The second-order valence-corrected chi connectivity index (χ2v) is 5.28. The van der Waals surface area contributed by atoms with Crippen LogP contribution >= 0.6 is 0 Å². The molecule has 1 unspecified atom stereocenters. The Bertz CT molecular complexity index is 363.